The van der Waals surface area contributed by atoms with Crippen LogP contribution in [-0.2, 0) is 6.42 Å². The van der Waals surface area contributed by atoms with Crippen LogP contribution < -0.4 is 9.47 Å². The summed E-state index contributed by atoms with van der Waals surface area (Å²) in [5.74, 6) is 2.57. The standard InChI is InChI=1S/C27H32N4O2/c1-5-30(6-2)16-17-33-25-15-10-21(18-20(25)3)19-26-28-27-9-7-8-24(31(27)29-26)22-11-13-23(32-4)14-12-22/h7-15,18H,5-6,16-17,19H2,1-4H3. The molecule has 0 radical (unpaired) electrons. The summed E-state index contributed by atoms with van der Waals surface area (Å²) in [6, 6.07) is 20.4. The van der Waals surface area contributed by atoms with Gasteiger partial charge in [0.1, 0.15) is 18.1 Å². The van der Waals surface area contributed by atoms with E-state index in [1.165, 1.54) is 5.56 Å². The van der Waals surface area contributed by atoms with E-state index in [1.54, 1.807) is 7.11 Å². The van der Waals surface area contributed by atoms with Gasteiger partial charge in [-0.15, -0.1) is 0 Å². The molecule has 0 unspecified atom stereocenters. The van der Waals surface area contributed by atoms with Crippen molar-refractivity contribution in [3.8, 4) is 22.8 Å². The number of hydrogen-bond acceptors (Lipinski definition) is 5. The van der Waals surface area contributed by atoms with Gasteiger partial charge in [0, 0.05) is 18.5 Å². The lowest BCUT2D eigenvalue weighted by Crippen LogP contribution is -2.28. The SMILES string of the molecule is CCN(CC)CCOc1ccc(Cc2nc3cccc(-c4ccc(OC)cc4)n3n2)cc1C. The van der Waals surface area contributed by atoms with Crippen molar-refractivity contribution in [3.63, 3.8) is 0 Å². The van der Waals surface area contributed by atoms with Crippen molar-refractivity contribution in [3.05, 3.63) is 77.6 Å². The third kappa shape index (κ3) is 5.34. The fourth-order valence-electron chi connectivity index (χ4n) is 4.00. The molecule has 33 heavy (non-hydrogen) atoms. The first-order valence-corrected chi connectivity index (χ1v) is 11.5. The van der Waals surface area contributed by atoms with Crippen LogP contribution in [-0.4, -0.2) is 52.8 Å². The van der Waals surface area contributed by atoms with Crippen LogP contribution in [0.1, 0.15) is 30.8 Å². The van der Waals surface area contributed by atoms with Crippen LogP contribution in [0.25, 0.3) is 16.9 Å². The number of rotatable bonds is 10. The monoisotopic (exact) mass is 444 g/mol. The molecule has 2 heterocycles. The van der Waals surface area contributed by atoms with Gasteiger partial charge in [0.25, 0.3) is 0 Å². The molecule has 4 rings (SSSR count). The van der Waals surface area contributed by atoms with E-state index < -0.39 is 0 Å². The van der Waals surface area contributed by atoms with Crippen molar-refractivity contribution >= 4 is 5.65 Å². The highest BCUT2D eigenvalue weighted by Gasteiger charge is 2.11. The van der Waals surface area contributed by atoms with E-state index in [-0.39, 0.29) is 0 Å². The predicted octanol–water partition coefficient (Wildman–Crippen LogP) is 5.02. The van der Waals surface area contributed by atoms with Crippen LogP contribution in [0.15, 0.2) is 60.7 Å². The number of pyridine rings is 1. The molecule has 0 N–H and O–H groups in total. The third-order valence-corrected chi connectivity index (χ3v) is 5.95. The lowest BCUT2D eigenvalue weighted by Gasteiger charge is -2.18. The molecule has 2 aromatic heterocycles. The molecule has 0 saturated carbocycles. The van der Waals surface area contributed by atoms with Gasteiger partial charge >= 0.3 is 0 Å². The van der Waals surface area contributed by atoms with Crippen molar-refractivity contribution in [2.75, 3.05) is 33.4 Å². The van der Waals surface area contributed by atoms with Crippen molar-refractivity contribution in [2.24, 2.45) is 0 Å². The molecule has 0 saturated heterocycles. The molecule has 0 atom stereocenters. The molecule has 0 aliphatic heterocycles. The van der Waals surface area contributed by atoms with Crippen molar-refractivity contribution in [1.82, 2.24) is 19.5 Å². The zero-order valence-electron chi connectivity index (χ0n) is 19.9. The number of fused-ring (bicyclic) bond motifs is 1. The summed E-state index contributed by atoms with van der Waals surface area (Å²) >= 11 is 0. The number of methoxy groups -OCH3 is 1. The Hall–Kier alpha value is -3.38. The Morgan fingerprint density at radius 2 is 1.76 bits per heavy atom. The molecule has 0 aliphatic carbocycles. The molecule has 4 aromatic rings. The molecule has 0 fully saturated rings. The average molecular weight is 445 g/mol. The first kappa shape index (κ1) is 22.8. The smallest absolute Gasteiger partial charge is 0.156 e. The summed E-state index contributed by atoms with van der Waals surface area (Å²) < 4.78 is 13.2. The van der Waals surface area contributed by atoms with Gasteiger partial charge in [-0.25, -0.2) is 9.50 Å². The number of aromatic nitrogens is 3. The maximum atomic E-state index is 6.02. The van der Waals surface area contributed by atoms with Gasteiger partial charge in [-0.3, -0.25) is 0 Å². The molecule has 0 aliphatic rings. The second kappa shape index (κ2) is 10.5. The molecule has 172 valence electrons. The lowest BCUT2D eigenvalue weighted by atomic mass is 10.1. The molecule has 0 spiro atoms. The van der Waals surface area contributed by atoms with Crippen molar-refractivity contribution in [2.45, 2.75) is 27.2 Å². The molecular weight excluding hydrogens is 412 g/mol. The molecule has 0 amide bonds. The third-order valence-electron chi connectivity index (χ3n) is 5.95. The Balaban J connectivity index is 1.49. The number of likely N-dealkylation sites (N-methyl/N-ethyl adjacent to an activating group) is 1. The van der Waals surface area contributed by atoms with E-state index in [9.17, 15) is 0 Å². The van der Waals surface area contributed by atoms with Crippen LogP contribution in [0.5, 0.6) is 11.5 Å². The molecule has 6 heteroatoms. The topological polar surface area (TPSA) is 51.9 Å². The van der Waals surface area contributed by atoms with Crippen LogP contribution >= 0.6 is 0 Å². The van der Waals surface area contributed by atoms with Gasteiger partial charge in [-0.05, 0) is 73.6 Å². The number of benzene rings is 2. The number of ether oxygens (including phenoxy) is 2. The lowest BCUT2D eigenvalue weighted by molar-refractivity contribution is 0.222. The molecular formula is C27H32N4O2. The highest BCUT2D eigenvalue weighted by Crippen LogP contribution is 2.24. The summed E-state index contributed by atoms with van der Waals surface area (Å²) in [6.07, 6.45) is 0.671. The first-order chi connectivity index (χ1) is 16.1. The summed E-state index contributed by atoms with van der Waals surface area (Å²) in [7, 11) is 1.67. The number of nitrogens with zero attached hydrogens (tertiary/aromatic N) is 4. The van der Waals surface area contributed by atoms with Gasteiger partial charge in [-0.2, -0.15) is 5.10 Å². The minimum Gasteiger partial charge on any atom is -0.497 e. The van der Waals surface area contributed by atoms with E-state index in [4.69, 9.17) is 19.6 Å². The minimum atomic E-state index is 0.671. The normalized spacial score (nSPS) is 11.3. The highest BCUT2D eigenvalue weighted by molar-refractivity contribution is 5.63. The zero-order valence-corrected chi connectivity index (χ0v) is 19.9. The Kier molecular flexibility index (Phi) is 7.25. The van der Waals surface area contributed by atoms with E-state index in [0.29, 0.717) is 13.0 Å². The van der Waals surface area contributed by atoms with Gasteiger partial charge in [0.05, 0.1) is 12.8 Å². The quantitative estimate of drug-likeness (QED) is 0.344. The zero-order chi connectivity index (χ0) is 23.2. The Morgan fingerprint density at radius 3 is 2.45 bits per heavy atom. The summed E-state index contributed by atoms with van der Waals surface area (Å²) in [4.78, 5) is 7.12. The summed E-state index contributed by atoms with van der Waals surface area (Å²) in [5, 5.41) is 4.80. The van der Waals surface area contributed by atoms with E-state index in [1.807, 2.05) is 40.9 Å². The first-order valence-electron chi connectivity index (χ1n) is 11.5. The van der Waals surface area contributed by atoms with Gasteiger partial charge in [0.2, 0.25) is 0 Å². The second-order valence-electron chi connectivity index (χ2n) is 8.09. The predicted molar refractivity (Wildman–Crippen MR) is 132 cm³/mol. The Morgan fingerprint density at radius 1 is 0.970 bits per heavy atom. The van der Waals surface area contributed by atoms with Gasteiger partial charge in [-0.1, -0.05) is 32.0 Å². The number of hydrogen-bond donors (Lipinski definition) is 0. The highest BCUT2D eigenvalue weighted by atomic mass is 16.5. The van der Waals surface area contributed by atoms with Crippen molar-refractivity contribution < 1.29 is 9.47 Å². The Labute approximate surface area is 195 Å². The molecule has 0 bridgehead atoms. The number of aryl methyl sites for hydroxylation is 1. The fraction of sp³-hybridized carbons (Fsp3) is 0.333. The Bertz CT molecular complexity index is 1200. The second-order valence-corrected chi connectivity index (χ2v) is 8.09. The van der Waals surface area contributed by atoms with Gasteiger partial charge < -0.3 is 14.4 Å². The van der Waals surface area contributed by atoms with Gasteiger partial charge in [0.15, 0.2) is 11.5 Å². The van der Waals surface area contributed by atoms with Crippen LogP contribution in [0.4, 0.5) is 0 Å². The van der Waals surface area contributed by atoms with Crippen LogP contribution in [0.2, 0.25) is 0 Å². The van der Waals surface area contributed by atoms with E-state index in [0.717, 1.165) is 59.4 Å². The fourth-order valence-corrected chi connectivity index (χ4v) is 4.00. The molecule has 6 nitrogen and oxygen atoms in total. The van der Waals surface area contributed by atoms with E-state index in [2.05, 4.69) is 49.9 Å². The summed E-state index contributed by atoms with van der Waals surface area (Å²) in [6.45, 7) is 10.2. The van der Waals surface area contributed by atoms with Crippen LogP contribution in [0.3, 0.4) is 0 Å². The average Bonchev–Trinajstić information content (AvgIpc) is 3.25. The largest absolute Gasteiger partial charge is 0.497 e. The molecule has 2 aromatic carbocycles. The maximum Gasteiger partial charge on any atom is 0.156 e. The van der Waals surface area contributed by atoms with Crippen molar-refractivity contribution in [1.29, 1.82) is 0 Å². The maximum absolute atomic E-state index is 6.02. The summed E-state index contributed by atoms with van der Waals surface area (Å²) in [5.41, 5.74) is 5.22. The minimum absolute atomic E-state index is 0.671. The van der Waals surface area contributed by atoms with Crippen LogP contribution in [0, 0.1) is 6.92 Å². The van der Waals surface area contributed by atoms with E-state index >= 15 is 0 Å².